The topological polar surface area (TPSA) is 49.8 Å². The van der Waals surface area contributed by atoms with E-state index in [2.05, 4.69) is 47.5 Å². The molecule has 4 unspecified atom stereocenters. The van der Waals surface area contributed by atoms with Crippen molar-refractivity contribution in [1.29, 1.82) is 0 Å². The summed E-state index contributed by atoms with van der Waals surface area (Å²) in [6.45, 7) is 5.08. The van der Waals surface area contributed by atoms with E-state index in [1.165, 1.54) is 59.7 Å². The van der Waals surface area contributed by atoms with Gasteiger partial charge in [0.15, 0.2) is 0 Å². The number of fused-ring (bicyclic) bond motifs is 2. The molecule has 3 fully saturated rings. The zero-order chi connectivity index (χ0) is 23.1. The van der Waals surface area contributed by atoms with E-state index in [1.807, 2.05) is 11.3 Å². The monoisotopic (exact) mass is 478 g/mol. The molecular weight excluding hydrogens is 438 g/mol. The molecule has 5 heteroatoms. The third-order valence-electron chi connectivity index (χ3n) is 9.56. The number of quaternary nitrogens is 1. The molecule has 2 saturated heterocycles. The third-order valence-corrected chi connectivity index (χ3v) is 10.8. The van der Waals surface area contributed by atoms with E-state index in [1.54, 1.807) is 0 Å². The van der Waals surface area contributed by atoms with E-state index in [4.69, 9.17) is 4.98 Å². The summed E-state index contributed by atoms with van der Waals surface area (Å²) in [5.41, 5.74) is 2.79. The van der Waals surface area contributed by atoms with E-state index in [9.17, 15) is 4.79 Å². The Kier molecular flexibility index (Phi) is 6.27. The van der Waals surface area contributed by atoms with Gasteiger partial charge in [0.2, 0.25) is 5.91 Å². The molecule has 0 radical (unpaired) electrons. The molecular formula is C29H40N3OS+. The van der Waals surface area contributed by atoms with Crippen LogP contribution in [0, 0.1) is 18.8 Å². The van der Waals surface area contributed by atoms with E-state index in [-0.39, 0.29) is 11.3 Å². The van der Waals surface area contributed by atoms with Gasteiger partial charge in [0, 0.05) is 17.5 Å². The van der Waals surface area contributed by atoms with Gasteiger partial charge in [0.1, 0.15) is 5.92 Å². The highest BCUT2D eigenvalue weighted by atomic mass is 32.1. The number of aryl methyl sites for hydroxylation is 2. The molecule has 6 rings (SSSR count). The van der Waals surface area contributed by atoms with Crippen LogP contribution in [0.2, 0.25) is 0 Å². The van der Waals surface area contributed by atoms with Crippen molar-refractivity contribution in [3.8, 4) is 0 Å². The van der Waals surface area contributed by atoms with Gasteiger partial charge >= 0.3 is 0 Å². The molecule has 1 spiro atoms. The van der Waals surface area contributed by atoms with Crippen molar-refractivity contribution in [2.45, 2.75) is 88.5 Å². The maximum absolute atomic E-state index is 14.5. The smallest absolute Gasteiger partial charge is 0.232 e. The van der Waals surface area contributed by atoms with Crippen LogP contribution in [0.15, 0.2) is 30.3 Å². The summed E-state index contributed by atoms with van der Waals surface area (Å²) in [7, 11) is 0. The third kappa shape index (κ3) is 3.93. The number of hydrogen-bond acceptors (Lipinski definition) is 3. The van der Waals surface area contributed by atoms with E-state index in [0.717, 1.165) is 45.3 Å². The number of hydrogen-bond donors (Lipinski definition) is 1. The molecule has 2 aliphatic carbocycles. The molecule has 1 aromatic heterocycles. The Morgan fingerprint density at radius 3 is 2.76 bits per heavy atom. The fourth-order valence-corrected chi connectivity index (χ4v) is 9.17. The predicted molar refractivity (Wildman–Crippen MR) is 137 cm³/mol. The van der Waals surface area contributed by atoms with Crippen LogP contribution in [0.4, 0.5) is 0 Å². The van der Waals surface area contributed by atoms with Gasteiger partial charge < -0.3 is 10.2 Å². The van der Waals surface area contributed by atoms with Gasteiger partial charge in [-0.15, -0.1) is 11.3 Å². The first-order valence-electron chi connectivity index (χ1n) is 13.8. The molecule has 3 heterocycles. The Morgan fingerprint density at radius 1 is 1.12 bits per heavy atom. The normalized spacial score (nSPS) is 32.1. The lowest BCUT2D eigenvalue weighted by molar-refractivity contribution is -0.640. The standard InChI is InChI=1S/C29H39N3OS/c1-20-31-25-13-8-15-29(27(25)34-20)19-30-18-24(29)28(33)32-16-14-23(21-9-4-2-5-10-21)17-26(32)22-11-6-3-7-12-22/h2,4-5,9-10,22-24,26,30H,3,6-8,11-19H2,1H3/p+1. The molecule has 1 saturated carbocycles. The van der Waals surface area contributed by atoms with Crippen molar-refractivity contribution in [3.63, 3.8) is 0 Å². The summed E-state index contributed by atoms with van der Waals surface area (Å²) >= 11 is 1.88. The van der Waals surface area contributed by atoms with Gasteiger partial charge in [-0.05, 0) is 69.3 Å². The van der Waals surface area contributed by atoms with Crippen molar-refractivity contribution >= 4 is 17.2 Å². The molecule has 34 heavy (non-hydrogen) atoms. The van der Waals surface area contributed by atoms with Gasteiger partial charge in [-0.2, -0.15) is 0 Å². The summed E-state index contributed by atoms with van der Waals surface area (Å²) < 4.78 is 0. The number of rotatable bonds is 3. The second-order valence-electron chi connectivity index (χ2n) is 11.4. The Balaban J connectivity index is 1.30. The Labute approximate surface area is 208 Å². The molecule has 1 aromatic carbocycles. The molecule has 0 bridgehead atoms. The first-order valence-corrected chi connectivity index (χ1v) is 14.6. The first kappa shape index (κ1) is 22.7. The minimum atomic E-state index is 0.0178. The molecule has 2 aliphatic heterocycles. The number of benzene rings is 1. The first-order chi connectivity index (χ1) is 16.7. The lowest BCUT2D eigenvalue weighted by atomic mass is 9.68. The second-order valence-corrected chi connectivity index (χ2v) is 12.6. The average Bonchev–Trinajstić information content (AvgIpc) is 3.48. The van der Waals surface area contributed by atoms with Gasteiger partial charge in [0.05, 0.1) is 29.2 Å². The summed E-state index contributed by atoms with van der Waals surface area (Å²) in [4.78, 5) is 23.2. The van der Waals surface area contributed by atoms with Gasteiger partial charge in [-0.25, -0.2) is 4.98 Å². The van der Waals surface area contributed by atoms with Crippen LogP contribution in [-0.2, 0) is 16.6 Å². The van der Waals surface area contributed by atoms with Crippen LogP contribution in [-0.4, -0.2) is 41.5 Å². The lowest BCUT2D eigenvalue weighted by Gasteiger charge is -2.47. The highest BCUT2D eigenvalue weighted by Gasteiger charge is 2.56. The van der Waals surface area contributed by atoms with Crippen molar-refractivity contribution in [2.75, 3.05) is 19.6 Å². The fraction of sp³-hybridized carbons (Fsp3) is 0.655. The van der Waals surface area contributed by atoms with Crippen molar-refractivity contribution in [3.05, 3.63) is 51.5 Å². The summed E-state index contributed by atoms with van der Waals surface area (Å²) in [6, 6.07) is 11.5. The molecule has 2 aromatic rings. The summed E-state index contributed by atoms with van der Waals surface area (Å²) in [6.07, 6.45) is 12.3. The average molecular weight is 479 g/mol. The predicted octanol–water partition coefficient (Wildman–Crippen LogP) is 4.57. The van der Waals surface area contributed by atoms with Crippen LogP contribution in [0.5, 0.6) is 0 Å². The van der Waals surface area contributed by atoms with Crippen molar-refractivity contribution in [1.82, 2.24) is 9.88 Å². The number of likely N-dealkylation sites (tertiary alicyclic amines) is 1. The SMILES string of the molecule is Cc1nc2c(s1)C1(CCC2)C[NH2+]CC1C(=O)N1CCC(c2ccccc2)CC1C1CCCCC1. The maximum atomic E-state index is 14.5. The van der Waals surface area contributed by atoms with Crippen molar-refractivity contribution < 1.29 is 10.1 Å². The number of amides is 1. The Bertz CT molecular complexity index is 1010. The fourth-order valence-electron chi connectivity index (χ4n) is 7.92. The number of nitrogens with two attached hydrogens (primary N) is 1. The van der Waals surface area contributed by atoms with Crippen molar-refractivity contribution in [2.24, 2.45) is 11.8 Å². The second kappa shape index (κ2) is 9.39. The minimum Gasteiger partial charge on any atom is -0.345 e. The number of nitrogens with zero attached hydrogens (tertiary/aromatic N) is 2. The molecule has 4 nitrogen and oxygen atoms in total. The zero-order valence-electron chi connectivity index (χ0n) is 20.7. The Morgan fingerprint density at radius 2 is 1.94 bits per heavy atom. The summed E-state index contributed by atoms with van der Waals surface area (Å²) in [5, 5.41) is 3.60. The largest absolute Gasteiger partial charge is 0.345 e. The van der Waals surface area contributed by atoms with Gasteiger partial charge in [0.25, 0.3) is 0 Å². The number of thiazole rings is 1. The molecule has 182 valence electrons. The molecule has 4 atom stereocenters. The van der Waals surface area contributed by atoms with Crippen LogP contribution >= 0.6 is 11.3 Å². The van der Waals surface area contributed by atoms with Crippen LogP contribution in [0.3, 0.4) is 0 Å². The lowest BCUT2D eigenvalue weighted by Crippen LogP contribution is -2.82. The van der Waals surface area contributed by atoms with Gasteiger partial charge in [-0.3, -0.25) is 4.79 Å². The summed E-state index contributed by atoms with van der Waals surface area (Å²) in [5.74, 6) is 1.85. The van der Waals surface area contributed by atoms with E-state index < -0.39 is 0 Å². The van der Waals surface area contributed by atoms with Crippen LogP contribution < -0.4 is 5.32 Å². The molecule has 2 N–H and O–H groups in total. The van der Waals surface area contributed by atoms with Gasteiger partial charge in [-0.1, -0.05) is 49.6 Å². The Hall–Kier alpha value is -1.72. The van der Waals surface area contributed by atoms with E-state index in [0.29, 0.717) is 23.8 Å². The van der Waals surface area contributed by atoms with E-state index >= 15 is 0 Å². The number of carbonyl (C=O) groups excluding carboxylic acids is 1. The highest BCUT2D eigenvalue weighted by Crippen LogP contribution is 2.48. The molecule has 1 amide bonds. The number of aromatic nitrogens is 1. The molecule has 4 aliphatic rings. The van der Waals surface area contributed by atoms with Crippen LogP contribution in [0.25, 0.3) is 0 Å². The number of carbonyl (C=O) groups is 1. The minimum absolute atomic E-state index is 0.0178. The quantitative estimate of drug-likeness (QED) is 0.702. The number of piperidine rings is 1. The zero-order valence-corrected chi connectivity index (χ0v) is 21.5. The maximum Gasteiger partial charge on any atom is 0.232 e. The highest BCUT2D eigenvalue weighted by molar-refractivity contribution is 7.11. The van der Waals surface area contributed by atoms with Crippen LogP contribution in [0.1, 0.15) is 84.8 Å².